The Morgan fingerprint density at radius 3 is 2.52 bits per heavy atom. The molecule has 1 saturated heterocycles. The summed E-state index contributed by atoms with van der Waals surface area (Å²) in [4.78, 5) is 51.1. The highest BCUT2D eigenvalue weighted by molar-refractivity contribution is 7.87. The van der Waals surface area contributed by atoms with E-state index < -0.39 is 45.2 Å². The molecule has 0 aliphatic carbocycles. The number of rotatable bonds is 10. The molecule has 0 aromatic rings. The lowest BCUT2D eigenvalue weighted by atomic mass is 10.1. The molecule has 2 rings (SSSR count). The molecule has 2 aliphatic rings. The quantitative estimate of drug-likeness (QED) is 0.284. The fourth-order valence-electron chi connectivity index (χ4n) is 2.30. The van der Waals surface area contributed by atoms with Gasteiger partial charge in [0.15, 0.2) is 10.9 Å². The van der Waals surface area contributed by atoms with E-state index in [0.29, 0.717) is 32.2 Å². The second kappa shape index (κ2) is 8.08. The van der Waals surface area contributed by atoms with Gasteiger partial charge in [-0.15, -0.1) is 5.06 Å². The van der Waals surface area contributed by atoms with Gasteiger partial charge in [-0.25, -0.2) is 4.79 Å². The minimum Gasteiger partial charge on any atom is -0.356 e. The van der Waals surface area contributed by atoms with Crippen LogP contribution in [0.5, 0.6) is 0 Å². The Morgan fingerprint density at radius 2 is 1.96 bits per heavy atom. The van der Waals surface area contributed by atoms with Crippen LogP contribution in [0.4, 0.5) is 0 Å². The summed E-state index contributed by atoms with van der Waals surface area (Å²) in [5.41, 5.74) is -0.431. The lowest BCUT2D eigenvalue weighted by molar-refractivity contribution is -0.197. The maximum Gasteiger partial charge on any atom is 0.333 e. The Balaban J connectivity index is 1.61. The van der Waals surface area contributed by atoms with Gasteiger partial charge < -0.3 is 10.2 Å². The second-order valence-corrected chi connectivity index (χ2v) is 8.02. The summed E-state index contributed by atoms with van der Waals surface area (Å²) in [6, 6.07) is 0. The van der Waals surface area contributed by atoms with Crippen molar-refractivity contribution in [3.8, 4) is 0 Å². The fourth-order valence-corrected chi connectivity index (χ4v) is 3.01. The van der Waals surface area contributed by atoms with E-state index >= 15 is 0 Å². The van der Waals surface area contributed by atoms with Gasteiger partial charge in [0, 0.05) is 25.8 Å². The molecule has 0 aromatic heterocycles. The van der Waals surface area contributed by atoms with Gasteiger partial charge in [-0.3, -0.25) is 18.9 Å². The van der Waals surface area contributed by atoms with Crippen molar-refractivity contribution in [1.82, 2.24) is 10.4 Å². The van der Waals surface area contributed by atoms with Crippen molar-refractivity contribution in [2.45, 2.75) is 56.4 Å². The maximum atomic E-state index is 11.7. The smallest absolute Gasteiger partial charge is 0.333 e. The third-order valence-corrected chi connectivity index (χ3v) is 5.10. The fraction of sp³-hybridized carbons (Fsp3) is 0.714. The van der Waals surface area contributed by atoms with Crippen molar-refractivity contribution in [2.75, 3.05) is 6.54 Å². The van der Waals surface area contributed by atoms with Crippen LogP contribution in [-0.4, -0.2) is 59.2 Å². The Hall–Kier alpha value is -2.41. The SMILES string of the molecule is CC1(CCC(=O)NCCCCC(=O)ON2C(=O)CC(S(=O)(=O)O)C2=O)N=N1. The number of carbonyl (C=O) groups is 4. The van der Waals surface area contributed by atoms with Gasteiger partial charge in [-0.2, -0.15) is 18.6 Å². The molecule has 0 saturated carbocycles. The summed E-state index contributed by atoms with van der Waals surface area (Å²) in [5, 5.41) is 8.39. The largest absolute Gasteiger partial charge is 0.356 e. The molecule has 0 aromatic carbocycles. The first-order valence-corrected chi connectivity index (χ1v) is 9.77. The zero-order chi connectivity index (χ0) is 20.2. The number of hydroxylamine groups is 2. The van der Waals surface area contributed by atoms with Crippen molar-refractivity contribution >= 4 is 33.8 Å². The molecule has 12 nitrogen and oxygen atoms in total. The highest BCUT2D eigenvalue weighted by Gasteiger charge is 2.48. The van der Waals surface area contributed by atoms with Gasteiger partial charge in [0.2, 0.25) is 5.91 Å². The number of unbranched alkanes of at least 4 members (excludes halogenated alkanes) is 1. The predicted molar refractivity (Wildman–Crippen MR) is 87.3 cm³/mol. The molecule has 1 atom stereocenters. The van der Waals surface area contributed by atoms with Crippen LogP contribution in [-0.2, 0) is 34.1 Å². The number of nitrogens with one attached hydrogen (secondary N) is 1. The van der Waals surface area contributed by atoms with Crippen molar-refractivity contribution in [3.05, 3.63) is 0 Å². The minimum absolute atomic E-state index is 0.0666. The number of amides is 3. The zero-order valence-corrected chi connectivity index (χ0v) is 15.4. The predicted octanol–water partition coefficient (Wildman–Crippen LogP) is -0.291. The van der Waals surface area contributed by atoms with E-state index in [1.54, 1.807) is 0 Å². The topological polar surface area (TPSA) is 172 Å². The maximum absolute atomic E-state index is 11.7. The van der Waals surface area contributed by atoms with E-state index in [9.17, 15) is 27.6 Å². The molecule has 2 heterocycles. The van der Waals surface area contributed by atoms with Gasteiger partial charge in [-0.1, -0.05) is 0 Å². The lowest BCUT2D eigenvalue weighted by Gasteiger charge is -2.13. The Labute approximate surface area is 155 Å². The van der Waals surface area contributed by atoms with E-state index in [2.05, 4.69) is 20.4 Å². The van der Waals surface area contributed by atoms with Crippen LogP contribution in [0.25, 0.3) is 0 Å². The molecule has 0 radical (unpaired) electrons. The summed E-state index contributed by atoms with van der Waals surface area (Å²) < 4.78 is 30.9. The van der Waals surface area contributed by atoms with Crippen LogP contribution in [0, 0.1) is 0 Å². The van der Waals surface area contributed by atoms with Crippen LogP contribution < -0.4 is 5.32 Å². The van der Waals surface area contributed by atoms with Crippen molar-refractivity contribution < 1.29 is 37.0 Å². The third-order valence-electron chi connectivity index (χ3n) is 4.01. The van der Waals surface area contributed by atoms with E-state index in [1.807, 2.05) is 6.92 Å². The summed E-state index contributed by atoms with van der Waals surface area (Å²) >= 11 is 0. The first-order valence-electron chi connectivity index (χ1n) is 8.26. The number of imide groups is 1. The standard InChI is InChI=1S/C14H20N4O8S/c1-14(16-17-14)6-5-10(19)15-7-3-2-4-12(21)26-18-11(20)8-9(13(18)22)27(23,24)25/h9H,2-8H2,1H3,(H,15,19)(H,23,24,25). The van der Waals surface area contributed by atoms with E-state index in [1.165, 1.54) is 0 Å². The van der Waals surface area contributed by atoms with Crippen molar-refractivity contribution in [1.29, 1.82) is 0 Å². The van der Waals surface area contributed by atoms with Crippen molar-refractivity contribution in [2.24, 2.45) is 10.2 Å². The molecular weight excluding hydrogens is 384 g/mol. The van der Waals surface area contributed by atoms with Gasteiger partial charge in [0.1, 0.15) is 0 Å². The summed E-state index contributed by atoms with van der Waals surface area (Å²) in [7, 11) is -4.75. The van der Waals surface area contributed by atoms with Crippen molar-refractivity contribution in [3.63, 3.8) is 0 Å². The van der Waals surface area contributed by atoms with Crippen LogP contribution in [0.15, 0.2) is 10.2 Å². The van der Waals surface area contributed by atoms with Crippen LogP contribution in [0.1, 0.15) is 45.4 Å². The monoisotopic (exact) mass is 404 g/mol. The molecule has 0 spiro atoms. The average Bonchev–Trinajstić information content (AvgIpc) is 3.24. The van der Waals surface area contributed by atoms with E-state index in [0.717, 1.165) is 0 Å². The Morgan fingerprint density at radius 1 is 1.30 bits per heavy atom. The Bertz CT molecular complexity index is 772. The molecule has 3 amide bonds. The van der Waals surface area contributed by atoms with Crippen LogP contribution >= 0.6 is 0 Å². The molecule has 27 heavy (non-hydrogen) atoms. The normalized spacial score (nSPS) is 20.7. The lowest BCUT2D eigenvalue weighted by Crippen LogP contribution is -2.36. The zero-order valence-electron chi connectivity index (χ0n) is 14.6. The molecule has 0 bridgehead atoms. The molecule has 2 aliphatic heterocycles. The van der Waals surface area contributed by atoms with E-state index in [4.69, 9.17) is 4.55 Å². The molecular formula is C14H20N4O8S. The number of nitrogens with zero attached hydrogens (tertiary/aromatic N) is 3. The summed E-state index contributed by atoms with van der Waals surface area (Å²) in [5.74, 6) is -3.37. The first kappa shape index (κ1) is 20.9. The van der Waals surface area contributed by atoms with E-state index in [-0.39, 0.29) is 17.4 Å². The molecule has 1 fully saturated rings. The van der Waals surface area contributed by atoms with Gasteiger partial charge >= 0.3 is 5.97 Å². The number of hydrogen-bond acceptors (Lipinski definition) is 9. The molecule has 1 unspecified atom stereocenters. The van der Waals surface area contributed by atoms with Crippen LogP contribution in [0.2, 0.25) is 0 Å². The highest BCUT2D eigenvalue weighted by atomic mass is 32.2. The molecule has 2 N–H and O–H groups in total. The number of carbonyl (C=O) groups excluding carboxylic acids is 4. The highest BCUT2D eigenvalue weighted by Crippen LogP contribution is 2.31. The van der Waals surface area contributed by atoms with Gasteiger partial charge in [-0.05, 0) is 19.8 Å². The van der Waals surface area contributed by atoms with Gasteiger partial charge in [0.05, 0.1) is 6.42 Å². The number of hydrogen-bond donors (Lipinski definition) is 2. The first-order chi connectivity index (χ1) is 12.5. The van der Waals surface area contributed by atoms with Crippen LogP contribution in [0.3, 0.4) is 0 Å². The summed E-state index contributed by atoms with van der Waals surface area (Å²) in [6.45, 7) is 2.16. The molecule has 150 valence electrons. The summed E-state index contributed by atoms with van der Waals surface area (Å²) in [6.07, 6.45) is 0.686. The average molecular weight is 404 g/mol. The van der Waals surface area contributed by atoms with Gasteiger partial charge in [0.25, 0.3) is 21.9 Å². The second-order valence-electron chi connectivity index (χ2n) is 6.42. The Kier molecular flexibility index (Phi) is 6.26. The minimum atomic E-state index is -4.75. The third kappa shape index (κ3) is 6.06. The molecule has 13 heteroatoms.